The van der Waals surface area contributed by atoms with Gasteiger partial charge in [0, 0.05) is 36.1 Å². The lowest BCUT2D eigenvalue weighted by Crippen LogP contribution is -2.36. The van der Waals surface area contributed by atoms with Gasteiger partial charge in [-0.05, 0) is 19.9 Å². The average Bonchev–Trinajstić information content (AvgIpc) is 3.20. The highest BCUT2D eigenvalue weighted by Gasteiger charge is 2.27. The topological polar surface area (TPSA) is 75.4 Å². The van der Waals surface area contributed by atoms with E-state index in [4.69, 9.17) is 0 Å². The summed E-state index contributed by atoms with van der Waals surface area (Å²) in [7, 11) is 0. The molecule has 1 aliphatic rings. The molecular formula is C16H18N6OS. The van der Waals surface area contributed by atoms with Gasteiger partial charge < -0.3 is 10.2 Å². The van der Waals surface area contributed by atoms with Crippen molar-refractivity contribution in [1.29, 1.82) is 0 Å². The van der Waals surface area contributed by atoms with Crippen molar-refractivity contribution in [2.24, 2.45) is 0 Å². The highest BCUT2D eigenvalue weighted by atomic mass is 32.1. The number of nitrogens with one attached hydrogen (secondary N) is 1. The Bertz CT molecular complexity index is 885. The van der Waals surface area contributed by atoms with Crippen LogP contribution in [0, 0.1) is 0 Å². The number of carbonyl (C=O) groups excluding carboxylic acids is 1. The summed E-state index contributed by atoms with van der Waals surface area (Å²) in [6.45, 7) is 5.33. The predicted octanol–water partition coefficient (Wildman–Crippen LogP) is 2.20. The van der Waals surface area contributed by atoms with Crippen molar-refractivity contribution in [3.05, 3.63) is 40.1 Å². The summed E-state index contributed by atoms with van der Waals surface area (Å²) in [4.78, 5) is 23.2. The first-order chi connectivity index (χ1) is 11.6. The molecule has 0 saturated carbocycles. The van der Waals surface area contributed by atoms with Crippen LogP contribution in [0.3, 0.4) is 0 Å². The van der Waals surface area contributed by atoms with E-state index in [1.807, 2.05) is 17.2 Å². The Hall–Kier alpha value is -2.48. The molecule has 1 N–H and O–H groups in total. The van der Waals surface area contributed by atoms with Crippen molar-refractivity contribution in [3.63, 3.8) is 0 Å². The molecule has 4 heterocycles. The molecule has 24 heavy (non-hydrogen) atoms. The normalized spacial score (nSPS) is 14.2. The molecule has 0 spiro atoms. The van der Waals surface area contributed by atoms with Crippen molar-refractivity contribution in [2.45, 2.75) is 32.9 Å². The van der Waals surface area contributed by atoms with E-state index in [0.29, 0.717) is 24.8 Å². The van der Waals surface area contributed by atoms with Crippen molar-refractivity contribution in [2.75, 3.05) is 11.9 Å². The van der Waals surface area contributed by atoms with Crippen LogP contribution in [0.1, 0.15) is 35.6 Å². The lowest BCUT2D eigenvalue weighted by molar-refractivity contribution is 0.0730. The molecule has 0 atom stereocenters. The Morgan fingerprint density at radius 1 is 1.42 bits per heavy atom. The minimum Gasteiger partial charge on any atom is -0.368 e. The molecule has 0 aromatic carbocycles. The molecule has 1 aliphatic heterocycles. The van der Waals surface area contributed by atoms with Gasteiger partial charge >= 0.3 is 0 Å². The number of aromatic nitrogens is 4. The number of rotatable bonds is 3. The van der Waals surface area contributed by atoms with Gasteiger partial charge in [-0.3, -0.25) is 4.79 Å². The van der Waals surface area contributed by atoms with Crippen LogP contribution in [0.4, 0.5) is 5.82 Å². The van der Waals surface area contributed by atoms with E-state index in [0.717, 1.165) is 29.1 Å². The summed E-state index contributed by atoms with van der Waals surface area (Å²) >= 11 is 1.43. The highest BCUT2D eigenvalue weighted by molar-refractivity contribution is 7.07. The van der Waals surface area contributed by atoms with Crippen LogP contribution in [-0.4, -0.2) is 43.0 Å². The number of nitrogens with zero attached hydrogens (tertiary/aromatic N) is 5. The lowest BCUT2D eigenvalue weighted by atomic mass is 10.1. The zero-order chi connectivity index (χ0) is 16.7. The minimum absolute atomic E-state index is 0.0299. The van der Waals surface area contributed by atoms with Crippen molar-refractivity contribution in [1.82, 2.24) is 24.5 Å². The first-order valence-electron chi connectivity index (χ1n) is 7.93. The average molecular weight is 342 g/mol. The van der Waals surface area contributed by atoms with Gasteiger partial charge in [-0.1, -0.05) is 0 Å². The monoisotopic (exact) mass is 342 g/mol. The van der Waals surface area contributed by atoms with Crippen LogP contribution in [-0.2, 0) is 13.0 Å². The molecule has 7 nitrogen and oxygen atoms in total. The van der Waals surface area contributed by atoms with Gasteiger partial charge in [0.1, 0.15) is 11.5 Å². The number of carbonyl (C=O) groups is 1. The van der Waals surface area contributed by atoms with Gasteiger partial charge in [0.2, 0.25) is 0 Å². The molecular weight excluding hydrogens is 324 g/mol. The van der Waals surface area contributed by atoms with Crippen LogP contribution >= 0.6 is 11.3 Å². The largest absolute Gasteiger partial charge is 0.368 e. The quantitative estimate of drug-likeness (QED) is 0.790. The number of hydrogen-bond donors (Lipinski definition) is 1. The summed E-state index contributed by atoms with van der Waals surface area (Å²) in [5.74, 6) is 0.792. The fraction of sp³-hybridized carbons (Fsp3) is 0.375. The lowest BCUT2D eigenvalue weighted by Gasteiger charge is -2.25. The third-order valence-electron chi connectivity index (χ3n) is 4.01. The van der Waals surface area contributed by atoms with E-state index in [1.54, 1.807) is 15.4 Å². The first kappa shape index (κ1) is 15.1. The Morgan fingerprint density at radius 3 is 3.04 bits per heavy atom. The third kappa shape index (κ3) is 2.62. The number of hydrogen-bond acceptors (Lipinski definition) is 6. The van der Waals surface area contributed by atoms with E-state index in [2.05, 4.69) is 34.2 Å². The van der Waals surface area contributed by atoms with Crippen LogP contribution in [0.2, 0.25) is 0 Å². The summed E-state index contributed by atoms with van der Waals surface area (Å²) in [6, 6.07) is 2.23. The molecule has 0 bridgehead atoms. The van der Waals surface area contributed by atoms with Gasteiger partial charge in [0.05, 0.1) is 17.7 Å². The van der Waals surface area contributed by atoms with Crippen molar-refractivity contribution < 1.29 is 4.79 Å². The molecule has 4 rings (SSSR count). The molecule has 0 saturated heterocycles. The maximum Gasteiger partial charge on any atom is 0.273 e. The van der Waals surface area contributed by atoms with E-state index < -0.39 is 0 Å². The summed E-state index contributed by atoms with van der Waals surface area (Å²) in [5.41, 5.74) is 5.05. The van der Waals surface area contributed by atoms with Crippen LogP contribution < -0.4 is 5.32 Å². The van der Waals surface area contributed by atoms with Crippen molar-refractivity contribution in [3.8, 4) is 0 Å². The number of anilines is 1. The Morgan fingerprint density at radius 2 is 2.29 bits per heavy atom. The molecule has 0 fully saturated rings. The molecule has 8 heteroatoms. The second-order valence-electron chi connectivity index (χ2n) is 6.16. The SMILES string of the molecule is CC(C)Nc1ccn2nc3c(c2n1)CN(C(=O)c1cscn1)CC3. The summed E-state index contributed by atoms with van der Waals surface area (Å²) in [6.07, 6.45) is 2.65. The minimum atomic E-state index is -0.0299. The fourth-order valence-electron chi connectivity index (χ4n) is 2.92. The van der Waals surface area contributed by atoms with Gasteiger partial charge in [0.15, 0.2) is 5.65 Å². The number of amides is 1. The Kier molecular flexibility index (Phi) is 3.68. The zero-order valence-corrected chi connectivity index (χ0v) is 14.4. The predicted molar refractivity (Wildman–Crippen MR) is 92.3 cm³/mol. The third-order valence-corrected chi connectivity index (χ3v) is 4.59. The molecule has 3 aromatic heterocycles. The molecule has 0 aliphatic carbocycles. The first-order valence-corrected chi connectivity index (χ1v) is 8.87. The molecule has 0 unspecified atom stereocenters. The van der Waals surface area contributed by atoms with Gasteiger partial charge in [-0.25, -0.2) is 14.5 Å². The maximum absolute atomic E-state index is 12.6. The van der Waals surface area contributed by atoms with Crippen LogP contribution in [0.25, 0.3) is 5.65 Å². The van der Waals surface area contributed by atoms with Crippen LogP contribution in [0.5, 0.6) is 0 Å². The smallest absolute Gasteiger partial charge is 0.273 e. The molecule has 1 amide bonds. The highest BCUT2D eigenvalue weighted by Crippen LogP contribution is 2.24. The number of thiazole rings is 1. The standard InChI is InChI=1S/C16H18N6OS/c1-10(2)18-14-4-6-22-15(19-14)11-7-21(5-3-12(11)20-22)16(23)13-8-24-9-17-13/h4,6,8-10H,3,5,7H2,1-2H3,(H,18,19). The zero-order valence-electron chi connectivity index (χ0n) is 13.6. The second kappa shape index (κ2) is 5.86. The Labute approximate surface area is 143 Å². The van der Waals surface area contributed by atoms with E-state index in [9.17, 15) is 4.79 Å². The van der Waals surface area contributed by atoms with E-state index in [-0.39, 0.29) is 5.91 Å². The van der Waals surface area contributed by atoms with Gasteiger partial charge in [-0.15, -0.1) is 11.3 Å². The maximum atomic E-state index is 12.6. The van der Waals surface area contributed by atoms with Crippen LogP contribution in [0.15, 0.2) is 23.2 Å². The number of fused-ring (bicyclic) bond motifs is 3. The van der Waals surface area contributed by atoms with Gasteiger partial charge in [-0.2, -0.15) is 5.10 Å². The van der Waals surface area contributed by atoms with Crippen molar-refractivity contribution >= 4 is 28.7 Å². The molecule has 3 aromatic rings. The summed E-state index contributed by atoms with van der Waals surface area (Å²) in [5, 5.41) is 9.70. The summed E-state index contributed by atoms with van der Waals surface area (Å²) < 4.78 is 1.80. The van der Waals surface area contributed by atoms with E-state index in [1.165, 1.54) is 11.3 Å². The molecule has 124 valence electrons. The second-order valence-corrected chi connectivity index (χ2v) is 6.87. The molecule has 0 radical (unpaired) electrons. The Balaban J connectivity index is 1.67. The van der Waals surface area contributed by atoms with Gasteiger partial charge in [0.25, 0.3) is 5.91 Å². The van der Waals surface area contributed by atoms with E-state index >= 15 is 0 Å². The fourth-order valence-corrected chi connectivity index (χ4v) is 3.45.